The summed E-state index contributed by atoms with van der Waals surface area (Å²) in [5.74, 6) is 0.260. The van der Waals surface area contributed by atoms with E-state index in [1.807, 2.05) is 24.3 Å². The van der Waals surface area contributed by atoms with Crippen LogP contribution in [0.1, 0.15) is 27.1 Å². The van der Waals surface area contributed by atoms with Gasteiger partial charge in [-0.2, -0.15) is 12.6 Å². The number of rotatable bonds is 3. The average Bonchev–Trinajstić information content (AvgIpc) is 2.44. The van der Waals surface area contributed by atoms with Gasteiger partial charge in [-0.3, -0.25) is 14.5 Å². The highest BCUT2D eigenvalue weighted by molar-refractivity contribution is 7.80. The largest absolute Gasteiger partial charge is 0.274 e. The number of carbonyl (C=O) groups is 2. The summed E-state index contributed by atoms with van der Waals surface area (Å²) in [4.78, 5) is 26.1. The maximum atomic E-state index is 12.4. The van der Waals surface area contributed by atoms with Gasteiger partial charge in [0.15, 0.2) is 0 Å². The van der Waals surface area contributed by atoms with E-state index >= 15 is 0 Å². The summed E-state index contributed by atoms with van der Waals surface area (Å²) in [5, 5.41) is 1.72. The van der Waals surface area contributed by atoms with E-state index in [1.54, 1.807) is 12.1 Å². The highest BCUT2D eigenvalue weighted by atomic mass is 32.1. The number of nitrogens with zero attached hydrogens (tertiary/aromatic N) is 1. The summed E-state index contributed by atoms with van der Waals surface area (Å²) in [6.07, 6.45) is 0.707. The van der Waals surface area contributed by atoms with Gasteiger partial charge in [0.25, 0.3) is 11.8 Å². The van der Waals surface area contributed by atoms with Gasteiger partial charge in [-0.25, -0.2) is 0 Å². The van der Waals surface area contributed by atoms with Crippen LogP contribution in [0.25, 0.3) is 10.8 Å². The second-order valence-electron chi connectivity index (χ2n) is 4.55. The molecule has 4 heteroatoms. The van der Waals surface area contributed by atoms with Gasteiger partial charge < -0.3 is 0 Å². The minimum Gasteiger partial charge on any atom is -0.274 e. The van der Waals surface area contributed by atoms with Crippen LogP contribution >= 0.6 is 12.6 Å². The predicted octanol–water partition coefficient (Wildman–Crippen LogP) is 2.76. The first-order chi connectivity index (χ1) is 9.24. The number of carbonyl (C=O) groups excluding carboxylic acids is 2. The number of hydrogen-bond donors (Lipinski definition) is 1. The Morgan fingerprint density at radius 1 is 0.947 bits per heavy atom. The van der Waals surface area contributed by atoms with Gasteiger partial charge in [0, 0.05) is 23.1 Å². The first-order valence-electron chi connectivity index (χ1n) is 6.23. The third-order valence-electron chi connectivity index (χ3n) is 3.40. The number of imide groups is 1. The smallest absolute Gasteiger partial charge is 0.261 e. The zero-order valence-corrected chi connectivity index (χ0v) is 11.2. The Labute approximate surface area is 116 Å². The van der Waals surface area contributed by atoms with Crippen LogP contribution in [0.5, 0.6) is 0 Å². The summed E-state index contributed by atoms with van der Waals surface area (Å²) in [6, 6.07) is 11.1. The number of thiol groups is 1. The Morgan fingerprint density at radius 3 is 2.05 bits per heavy atom. The Kier molecular flexibility index (Phi) is 3.03. The monoisotopic (exact) mass is 271 g/mol. The lowest BCUT2D eigenvalue weighted by Gasteiger charge is -2.26. The van der Waals surface area contributed by atoms with E-state index in [2.05, 4.69) is 12.6 Å². The van der Waals surface area contributed by atoms with Gasteiger partial charge in [-0.15, -0.1) is 0 Å². The molecule has 1 aliphatic heterocycles. The molecule has 0 saturated carbocycles. The summed E-state index contributed by atoms with van der Waals surface area (Å²) < 4.78 is 0. The fraction of sp³-hybridized carbons (Fsp3) is 0.200. The van der Waals surface area contributed by atoms with Crippen molar-refractivity contribution in [1.29, 1.82) is 0 Å². The Morgan fingerprint density at radius 2 is 1.53 bits per heavy atom. The fourth-order valence-corrected chi connectivity index (χ4v) is 2.65. The molecule has 0 N–H and O–H groups in total. The Balaban J connectivity index is 2.19. The molecule has 1 heterocycles. The van der Waals surface area contributed by atoms with Crippen LogP contribution in [-0.4, -0.2) is 29.0 Å². The highest BCUT2D eigenvalue weighted by Crippen LogP contribution is 2.29. The predicted molar refractivity (Wildman–Crippen MR) is 77.8 cm³/mol. The van der Waals surface area contributed by atoms with Crippen molar-refractivity contribution in [2.45, 2.75) is 6.42 Å². The molecular formula is C15H13NO2S. The van der Waals surface area contributed by atoms with E-state index < -0.39 is 0 Å². The van der Waals surface area contributed by atoms with Crippen LogP contribution in [0.3, 0.4) is 0 Å². The highest BCUT2D eigenvalue weighted by Gasteiger charge is 2.31. The molecule has 0 saturated heterocycles. The maximum Gasteiger partial charge on any atom is 0.261 e. The van der Waals surface area contributed by atoms with Gasteiger partial charge in [0.2, 0.25) is 0 Å². The SMILES string of the molecule is O=C1c2cccc3cccc(c23)C(=O)N1CCCS. The molecule has 96 valence electrons. The first-order valence-corrected chi connectivity index (χ1v) is 6.86. The molecule has 0 fully saturated rings. The lowest BCUT2D eigenvalue weighted by Crippen LogP contribution is -2.41. The molecule has 0 aliphatic carbocycles. The number of amides is 2. The Bertz CT molecular complexity index is 630. The zero-order chi connectivity index (χ0) is 13.4. The molecule has 0 bridgehead atoms. The van der Waals surface area contributed by atoms with Gasteiger partial charge in [0.05, 0.1) is 0 Å². The van der Waals surface area contributed by atoms with E-state index in [0.29, 0.717) is 29.8 Å². The van der Waals surface area contributed by atoms with Crippen LogP contribution in [0, 0.1) is 0 Å². The van der Waals surface area contributed by atoms with Crippen LogP contribution < -0.4 is 0 Å². The fourth-order valence-electron chi connectivity index (χ4n) is 2.51. The van der Waals surface area contributed by atoms with E-state index in [4.69, 9.17) is 0 Å². The molecule has 1 aliphatic rings. The molecule has 3 rings (SSSR count). The van der Waals surface area contributed by atoms with E-state index in [-0.39, 0.29) is 11.8 Å². The van der Waals surface area contributed by atoms with Crippen molar-refractivity contribution in [1.82, 2.24) is 4.90 Å². The molecule has 0 radical (unpaired) electrons. The maximum absolute atomic E-state index is 12.4. The Hall–Kier alpha value is -1.81. The van der Waals surface area contributed by atoms with E-state index in [1.165, 1.54) is 4.90 Å². The summed E-state index contributed by atoms with van der Waals surface area (Å²) in [5.41, 5.74) is 1.23. The average molecular weight is 271 g/mol. The minimum atomic E-state index is -0.198. The number of hydrogen-bond acceptors (Lipinski definition) is 3. The van der Waals surface area contributed by atoms with Crippen molar-refractivity contribution in [2.24, 2.45) is 0 Å². The third-order valence-corrected chi connectivity index (χ3v) is 3.71. The molecule has 19 heavy (non-hydrogen) atoms. The molecule has 0 spiro atoms. The van der Waals surface area contributed by atoms with Crippen molar-refractivity contribution in [3.8, 4) is 0 Å². The quantitative estimate of drug-likeness (QED) is 0.688. The molecule has 2 aromatic rings. The molecule has 3 nitrogen and oxygen atoms in total. The minimum absolute atomic E-state index is 0.198. The van der Waals surface area contributed by atoms with Crippen LogP contribution in [-0.2, 0) is 0 Å². The van der Waals surface area contributed by atoms with Crippen LogP contribution in [0.15, 0.2) is 36.4 Å². The lowest BCUT2D eigenvalue weighted by molar-refractivity contribution is 0.0611. The van der Waals surface area contributed by atoms with Crippen LogP contribution in [0.4, 0.5) is 0 Å². The normalized spacial score (nSPS) is 14.3. The van der Waals surface area contributed by atoms with Crippen molar-refractivity contribution in [2.75, 3.05) is 12.3 Å². The second kappa shape index (κ2) is 4.70. The topological polar surface area (TPSA) is 37.4 Å². The summed E-state index contributed by atoms with van der Waals surface area (Å²) in [7, 11) is 0. The van der Waals surface area contributed by atoms with Crippen molar-refractivity contribution in [3.05, 3.63) is 47.5 Å². The standard InChI is InChI=1S/C15H13NO2S/c17-14-11-6-1-4-10-5-2-7-12(13(10)11)15(18)16(14)8-3-9-19/h1-2,4-7,19H,3,8-9H2. The molecule has 2 amide bonds. The van der Waals surface area contributed by atoms with Gasteiger partial charge in [0.1, 0.15) is 0 Å². The van der Waals surface area contributed by atoms with Gasteiger partial charge in [-0.1, -0.05) is 24.3 Å². The second-order valence-corrected chi connectivity index (χ2v) is 5.00. The summed E-state index contributed by atoms with van der Waals surface area (Å²) in [6.45, 7) is 0.423. The lowest BCUT2D eigenvalue weighted by atomic mass is 9.94. The van der Waals surface area contributed by atoms with E-state index in [9.17, 15) is 9.59 Å². The third kappa shape index (κ3) is 1.83. The number of benzene rings is 2. The van der Waals surface area contributed by atoms with E-state index in [0.717, 1.165) is 10.8 Å². The molecular weight excluding hydrogens is 258 g/mol. The summed E-state index contributed by atoms with van der Waals surface area (Å²) >= 11 is 4.13. The van der Waals surface area contributed by atoms with Crippen LogP contribution in [0.2, 0.25) is 0 Å². The molecule has 0 unspecified atom stereocenters. The molecule has 0 aromatic heterocycles. The van der Waals surface area contributed by atoms with Crippen molar-refractivity contribution in [3.63, 3.8) is 0 Å². The van der Waals surface area contributed by atoms with Gasteiger partial charge in [-0.05, 0) is 29.7 Å². The molecule has 0 atom stereocenters. The van der Waals surface area contributed by atoms with Gasteiger partial charge >= 0.3 is 0 Å². The zero-order valence-electron chi connectivity index (χ0n) is 10.3. The van der Waals surface area contributed by atoms with Crippen molar-refractivity contribution >= 4 is 35.2 Å². The van der Waals surface area contributed by atoms with Crippen molar-refractivity contribution < 1.29 is 9.59 Å². The molecule has 2 aromatic carbocycles. The first kappa shape index (κ1) is 12.2.